The number of thiazole rings is 1. The standard InChI is InChI=1S/C10H6Cl2INOS/c11-5-8-9(12)14-10(16-8)15-7-3-1-6(13)2-4-7/h1-4H,5H2. The first-order chi connectivity index (χ1) is 7.69. The number of ether oxygens (including phenoxy) is 1. The molecule has 0 radical (unpaired) electrons. The highest BCUT2D eigenvalue weighted by molar-refractivity contribution is 14.1. The molecule has 1 aromatic heterocycles. The third kappa shape index (κ3) is 3.00. The van der Waals surface area contributed by atoms with E-state index >= 15 is 0 Å². The van der Waals surface area contributed by atoms with E-state index in [1.165, 1.54) is 11.3 Å². The van der Waals surface area contributed by atoms with Crippen molar-refractivity contribution in [2.75, 3.05) is 0 Å². The molecule has 0 aliphatic carbocycles. The van der Waals surface area contributed by atoms with Crippen LogP contribution in [0, 0.1) is 3.57 Å². The molecule has 0 unspecified atom stereocenters. The number of aromatic nitrogens is 1. The van der Waals surface area contributed by atoms with Gasteiger partial charge in [-0.2, -0.15) is 4.98 Å². The molecule has 2 nitrogen and oxygen atoms in total. The van der Waals surface area contributed by atoms with Gasteiger partial charge in [-0.25, -0.2) is 0 Å². The number of rotatable bonds is 3. The van der Waals surface area contributed by atoms with Crippen molar-refractivity contribution >= 4 is 57.1 Å². The van der Waals surface area contributed by atoms with Crippen LogP contribution in [0.2, 0.25) is 5.15 Å². The maximum atomic E-state index is 5.87. The Balaban J connectivity index is 2.17. The van der Waals surface area contributed by atoms with Gasteiger partial charge in [-0.15, -0.1) is 11.6 Å². The second-order valence-corrected chi connectivity index (χ2v) is 5.80. The lowest BCUT2D eigenvalue weighted by Gasteiger charge is -2.00. The molecule has 0 aliphatic rings. The first-order valence-electron chi connectivity index (χ1n) is 4.33. The molecule has 0 saturated carbocycles. The molecule has 84 valence electrons. The predicted molar refractivity (Wildman–Crippen MR) is 75.9 cm³/mol. The molecule has 0 amide bonds. The number of alkyl halides is 1. The Hall–Kier alpha value is -0.0400. The van der Waals surface area contributed by atoms with Gasteiger partial charge in [0.15, 0.2) is 0 Å². The number of halogens is 3. The minimum atomic E-state index is 0.354. The van der Waals surface area contributed by atoms with Gasteiger partial charge in [-0.3, -0.25) is 0 Å². The molecule has 1 heterocycles. The van der Waals surface area contributed by atoms with Gasteiger partial charge in [0.2, 0.25) is 0 Å². The molecule has 0 spiro atoms. The van der Waals surface area contributed by atoms with Crippen molar-refractivity contribution < 1.29 is 4.74 Å². The smallest absolute Gasteiger partial charge is 0.280 e. The summed E-state index contributed by atoms with van der Waals surface area (Å²) in [5.74, 6) is 1.10. The second kappa shape index (κ2) is 5.53. The summed E-state index contributed by atoms with van der Waals surface area (Å²) in [6, 6.07) is 7.70. The number of hydrogen-bond acceptors (Lipinski definition) is 3. The zero-order valence-corrected chi connectivity index (χ0v) is 12.4. The predicted octanol–water partition coefficient (Wildman–Crippen LogP) is 4.93. The lowest BCUT2D eigenvalue weighted by Crippen LogP contribution is -1.82. The van der Waals surface area contributed by atoms with Crippen molar-refractivity contribution in [2.45, 2.75) is 5.88 Å². The van der Waals surface area contributed by atoms with E-state index < -0.39 is 0 Å². The fourth-order valence-electron chi connectivity index (χ4n) is 1.04. The van der Waals surface area contributed by atoms with Gasteiger partial charge in [-0.1, -0.05) is 22.9 Å². The number of benzene rings is 1. The van der Waals surface area contributed by atoms with E-state index in [0.29, 0.717) is 16.2 Å². The highest BCUT2D eigenvalue weighted by Gasteiger charge is 2.09. The zero-order chi connectivity index (χ0) is 11.5. The molecule has 0 saturated heterocycles. The molecule has 1 aromatic carbocycles. The Morgan fingerprint density at radius 3 is 2.56 bits per heavy atom. The molecule has 0 N–H and O–H groups in total. The van der Waals surface area contributed by atoms with Gasteiger partial charge >= 0.3 is 0 Å². The maximum absolute atomic E-state index is 5.87. The Kier molecular flexibility index (Phi) is 4.29. The van der Waals surface area contributed by atoms with Crippen LogP contribution in [0.5, 0.6) is 10.9 Å². The molecule has 16 heavy (non-hydrogen) atoms. The third-order valence-electron chi connectivity index (χ3n) is 1.77. The monoisotopic (exact) mass is 385 g/mol. The Morgan fingerprint density at radius 1 is 1.31 bits per heavy atom. The maximum Gasteiger partial charge on any atom is 0.280 e. The summed E-state index contributed by atoms with van der Waals surface area (Å²) < 4.78 is 6.71. The van der Waals surface area contributed by atoms with Gasteiger partial charge in [0.1, 0.15) is 10.9 Å². The van der Waals surface area contributed by atoms with Crippen molar-refractivity contribution in [3.63, 3.8) is 0 Å². The van der Waals surface area contributed by atoms with Crippen LogP contribution >= 0.6 is 57.1 Å². The lowest BCUT2D eigenvalue weighted by molar-refractivity contribution is 0.479. The van der Waals surface area contributed by atoms with Gasteiger partial charge in [0.05, 0.1) is 10.8 Å². The van der Waals surface area contributed by atoms with Crippen LogP contribution < -0.4 is 4.74 Å². The normalized spacial score (nSPS) is 10.4. The molecule has 2 rings (SSSR count). The van der Waals surface area contributed by atoms with E-state index in [4.69, 9.17) is 27.9 Å². The van der Waals surface area contributed by atoms with Crippen molar-refractivity contribution in [1.82, 2.24) is 4.98 Å². The molecule has 0 atom stereocenters. The van der Waals surface area contributed by atoms with Gasteiger partial charge in [0, 0.05) is 3.57 Å². The molecular formula is C10H6Cl2INOS. The van der Waals surface area contributed by atoms with Crippen LogP contribution in [0.3, 0.4) is 0 Å². The van der Waals surface area contributed by atoms with Crippen LogP contribution in [0.1, 0.15) is 4.88 Å². The molecule has 6 heteroatoms. The van der Waals surface area contributed by atoms with Crippen molar-refractivity contribution in [1.29, 1.82) is 0 Å². The van der Waals surface area contributed by atoms with Gasteiger partial charge in [0.25, 0.3) is 5.19 Å². The first kappa shape index (κ1) is 12.4. The number of nitrogens with zero attached hydrogens (tertiary/aromatic N) is 1. The summed E-state index contributed by atoms with van der Waals surface area (Å²) in [6.45, 7) is 0. The average Bonchev–Trinajstić information content (AvgIpc) is 2.62. The van der Waals surface area contributed by atoms with E-state index in [-0.39, 0.29) is 0 Å². The van der Waals surface area contributed by atoms with Crippen molar-refractivity contribution in [3.8, 4) is 10.9 Å². The van der Waals surface area contributed by atoms with Crippen molar-refractivity contribution in [3.05, 3.63) is 37.9 Å². The van der Waals surface area contributed by atoms with Crippen LogP contribution in [0.15, 0.2) is 24.3 Å². The van der Waals surface area contributed by atoms with Gasteiger partial charge < -0.3 is 4.74 Å². The van der Waals surface area contributed by atoms with E-state index in [2.05, 4.69) is 27.6 Å². The fourth-order valence-corrected chi connectivity index (χ4v) is 2.74. The van der Waals surface area contributed by atoms with Crippen LogP contribution in [0.4, 0.5) is 0 Å². The highest BCUT2D eigenvalue weighted by atomic mass is 127. The Morgan fingerprint density at radius 2 is 2.00 bits per heavy atom. The minimum Gasteiger partial charge on any atom is -0.431 e. The molecule has 2 aromatic rings. The molecule has 0 aliphatic heterocycles. The van der Waals surface area contributed by atoms with E-state index in [1.807, 2.05) is 24.3 Å². The van der Waals surface area contributed by atoms with Crippen LogP contribution in [-0.2, 0) is 5.88 Å². The summed E-state index contributed by atoms with van der Waals surface area (Å²) >= 11 is 15.2. The Bertz CT molecular complexity index is 486. The van der Waals surface area contributed by atoms with E-state index in [0.717, 1.165) is 14.2 Å². The SMILES string of the molecule is ClCc1sc(Oc2ccc(I)cc2)nc1Cl. The average molecular weight is 386 g/mol. The summed E-state index contributed by atoms with van der Waals surface area (Å²) in [5.41, 5.74) is 0. The van der Waals surface area contributed by atoms with Crippen LogP contribution in [0.25, 0.3) is 0 Å². The molecule has 0 bridgehead atoms. The zero-order valence-electron chi connectivity index (χ0n) is 7.91. The van der Waals surface area contributed by atoms with E-state index in [9.17, 15) is 0 Å². The van der Waals surface area contributed by atoms with Gasteiger partial charge in [-0.05, 0) is 46.9 Å². The highest BCUT2D eigenvalue weighted by Crippen LogP contribution is 2.32. The Labute approximate surface area is 121 Å². The fraction of sp³-hybridized carbons (Fsp3) is 0.100. The second-order valence-electron chi connectivity index (χ2n) is 2.88. The quantitative estimate of drug-likeness (QED) is 0.551. The largest absolute Gasteiger partial charge is 0.431 e. The minimum absolute atomic E-state index is 0.354. The van der Waals surface area contributed by atoms with E-state index in [1.54, 1.807) is 0 Å². The van der Waals surface area contributed by atoms with Crippen molar-refractivity contribution in [2.24, 2.45) is 0 Å². The summed E-state index contributed by atoms with van der Waals surface area (Å²) in [7, 11) is 0. The number of hydrogen-bond donors (Lipinski definition) is 0. The topological polar surface area (TPSA) is 22.1 Å². The third-order valence-corrected chi connectivity index (χ3v) is 4.27. The molecule has 0 fully saturated rings. The van der Waals surface area contributed by atoms with Crippen LogP contribution in [-0.4, -0.2) is 4.98 Å². The summed E-state index contributed by atoms with van der Waals surface area (Å²) in [6.07, 6.45) is 0. The summed E-state index contributed by atoms with van der Waals surface area (Å²) in [5, 5.41) is 0.933. The first-order valence-corrected chi connectivity index (χ1v) is 7.14. The molecular weight excluding hydrogens is 380 g/mol. The summed E-state index contributed by atoms with van der Waals surface area (Å²) in [4.78, 5) is 4.90. The lowest BCUT2D eigenvalue weighted by atomic mass is 10.3.